The van der Waals surface area contributed by atoms with E-state index in [-0.39, 0.29) is 19.1 Å². The topological polar surface area (TPSA) is 82.7 Å². The van der Waals surface area contributed by atoms with Gasteiger partial charge < -0.3 is 19.9 Å². The highest BCUT2D eigenvalue weighted by atomic mass is 16.3. The van der Waals surface area contributed by atoms with E-state index in [0.717, 1.165) is 17.4 Å². The molecule has 0 unspecified atom stereocenters. The smallest absolute Gasteiger partial charge is 0.255 e. The summed E-state index contributed by atoms with van der Waals surface area (Å²) in [6.07, 6.45) is 2.62. The fourth-order valence-corrected chi connectivity index (χ4v) is 2.10. The molecule has 0 aliphatic heterocycles. The molecular weight excluding hydrogens is 258 g/mol. The Kier molecular flexibility index (Phi) is 4.76. The van der Waals surface area contributed by atoms with Gasteiger partial charge in [-0.3, -0.25) is 4.79 Å². The molecule has 0 saturated heterocycles. The van der Waals surface area contributed by atoms with Crippen molar-refractivity contribution in [1.29, 1.82) is 0 Å². The summed E-state index contributed by atoms with van der Waals surface area (Å²) in [5, 5.41) is 21.5. The summed E-state index contributed by atoms with van der Waals surface area (Å²) in [4.78, 5) is 12.2. The highest BCUT2D eigenvalue weighted by Gasteiger charge is 2.17. The predicted molar refractivity (Wildman–Crippen MR) is 75.6 cm³/mol. The van der Waals surface area contributed by atoms with Crippen LogP contribution in [0, 0.1) is 0 Å². The van der Waals surface area contributed by atoms with Crippen LogP contribution in [0.25, 0.3) is 11.0 Å². The Hall–Kier alpha value is -1.85. The van der Waals surface area contributed by atoms with Crippen LogP contribution in [0.2, 0.25) is 0 Å². The van der Waals surface area contributed by atoms with Crippen LogP contribution in [0.5, 0.6) is 0 Å². The minimum atomic E-state index is -0.452. The van der Waals surface area contributed by atoms with E-state index in [1.54, 1.807) is 0 Å². The molecule has 1 heterocycles. The summed E-state index contributed by atoms with van der Waals surface area (Å²) in [7, 11) is 0. The number of amides is 1. The molecule has 5 heteroatoms. The Morgan fingerprint density at radius 2 is 2.20 bits per heavy atom. The van der Waals surface area contributed by atoms with Gasteiger partial charge in [0.05, 0.1) is 18.2 Å². The molecule has 108 valence electrons. The van der Waals surface area contributed by atoms with Gasteiger partial charge in [0.15, 0.2) is 0 Å². The van der Waals surface area contributed by atoms with Crippen molar-refractivity contribution in [2.45, 2.75) is 25.8 Å². The maximum Gasteiger partial charge on any atom is 0.255 e. The van der Waals surface area contributed by atoms with Gasteiger partial charge in [-0.25, -0.2) is 0 Å². The normalized spacial score (nSPS) is 12.6. The Bertz CT molecular complexity index is 591. The Labute approximate surface area is 117 Å². The van der Waals surface area contributed by atoms with Crippen LogP contribution in [-0.2, 0) is 6.42 Å². The number of carbonyl (C=O) groups is 1. The zero-order chi connectivity index (χ0) is 14.5. The molecular formula is C15H19NO4. The Balaban J connectivity index is 2.25. The van der Waals surface area contributed by atoms with E-state index >= 15 is 0 Å². The highest BCUT2D eigenvalue weighted by Crippen LogP contribution is 2.23. The average Bonchev–Trinajstić information content (AvgIpc) is 2.89. The van der Waals surface area contributed by atoms with Crippen molar-refractivity contribution in [1.82, 2.24) is 5.32 Å². The highest BCUT2D eigenvalue weighted by molar-refractivity contribution is 6.06. The number of fused-ring (bicyclic) bond motifs is 1. The lowest BCUT2D eigenvalue weighted by molar-refractivity contribution is 0.0905. The van der Waals surface area contributed by atoms with Gasteiger partial charge in [0.2, 0.25) is 0 Å². The molecule has 0 aliphatic rings. The van der Waals surface area contributed by atoms with Crippen molar-refractivity contribution in [3.05, 3.63) is 35.6 Å². The summed E-state index contributed by atoms with van der Waals surface area (Å²) < 4.78 is 5.37. The van der Waals surface area contributed by atoms with Crippen LogP contribution in [0.15, 0.2) is 28.9 Å². The number of carbonyl (C=O) groups excluding carboxylic acids is 1. The first-order valence-corrected chi connectivity index (χ1v) is 6.72. The van der Waals surface area contributed by atoms with E-state index in [0.29, 0.717) is 17.6 Å². The van der Waals surface area contributed by atoms with E-state index in [2.05, 4.69) is 5.32 Å². The van der Waals surface area contributed by atoms with Gasteiger partial charge in [-0.15, -0.1) is 0 Å². The minimum Gasteiger partial charge on any atom is -0.463 e. The van der Waals surface area contributed by atoms with E-state index in [4.69, 9.17) is 14.6 Å². The van der Waals surface area contributed by atoms with E-state index in [1.807, 2.05) is 25.1 Å². The third-order valence-corrected chi connectivity index (χ3v) is 3.32. The fourth-order valence-electron chi connectivity index (χ4n) is 2.10. The molecule has 1 amide bonds. The zero-order valence-corrected chi connectivity index (χ0v) is 11.4. The number of aliphatic hydroxyl groups excluding tert-OH is 2. The molecule has 0 saturated carbocycles. The lowest BCUT2D eigenvalue weighted by atomic mass is 10.1. The summed E-state index contributed by atoms with van der Waals surface area (Å²) in [6, 6.07) is 5.30. The second-order valence-corrected chi connectivity index (χ2v) is 4.70. The molecule has 20 heavy (non-hydrogen) atoms. The molecule has 2 rings (SSSR count). The molecule has 0 spiro atoms. The molecule has 0 fully saturated rings. The SMILES string of the molecule is CCc1ccc2occ(C(=O)N[C@@H](CO)CCO)c2c1. The first kappa shape index (κ1) is 14.6. The summed E-state index contributed by atoms with van der Waals surface area (Å²) >= 11 is 0. The number of aliphatic hydroxyl groups is 2. The molecule has 1 aromatic heterocycles. The van der Waals surface area contributed by atoms with Gasteiger partial charge in [-0.1, -0.05) is 13.0 Å². The van der Waals surface area contributed by atoms with Gasteiger partial charge in [0, 0.05) is 12.0 Å². The van der Waals surface area contributed by atoms with E-state index in [1.165, 1.54) is 6.26 Å². The van der Waals surface area contributed by atoms with Crippen LogP contribution in [0.1, 0.15) is 29.3 Å². The van der Waals surface area contributed by atoms with Gasteiger partial charge in [0.25, 0.3) is 5.91 Å². The van der Waals surface area contributed by atoms with Gasteiger partial charge in [-0.05, 0) is 30.5 Å². The number of hydrogen-bond acceptors (Lipinski definition) is 4. The summed E-state index contributed by atoms with van der Waals surface area (Å²) in [6.45, 7) is 1.75. The fraction of sp³-hybridized carbons (Fsp3) is 0.400. The molecule has 0 bridgehead atoms. The summed E-state index contributed by atoms with van der Waals surface area (Å²) in [5.74, 6) is -0.301. The van der Waals surface area contributed by atoms with Gasteiger partial charge in [-0.2, -0.15) is 0 Å². The van der Waals surface area contributed by atoms with E-state index < -0.39 is 6.04 Å². The van der Waals surface area contributed by atoms with Crippen molar-refractivity contribution < 1.29 is 19.4 Å². The number of furan rings is 1. The van der Waals surface area contributed by atoms with Crippen LogP contribution >= 0.6 is 0 Å². The number of hydrogen-bond donors (Lipinski definition) is 3. The lowest BCUT2D eigenvalue weighted by Crippen LogP contribution is -2.38. The van der Waals surface area contributed by atoms with Crippen LogP contribution < -0.4 is 5.32 Å². The van der Waals surface area contributed by atoms with Crippen LogP contribution in [0.3, 0.4) is 0 Å². The standard InChI is InChI=1S/C15H19NO4/c1-2-10-3-4-14-12(7-10)13(9-20-14)15(19)16-11(8-18)5-6-17/h3-4,7,9,11,17-18H,2,5-6,8H2,1H3,(H,16,19)/t11-/m1/s1. The van der Waals surface area contributed by atoms with Gasteiger partial charge >= 0.3 is 0 Å². The number of rotatable bonds is 6. The van der Waals surface area contributed by atoms with Crippen LogP contribution in [0.4, 0.5) is 0 Å². The van der Waals surface area contributed by atoms with Crippen LogP contribution in [-0.4, -0.2) is 35.4 Å². The third-order valence-electron chi connectivity index (χ3n) is 3.32. The van der Waals surface area contributed by atoms with E-state index in [9.17, 15) is 4.79 Å². The molecule has 3 N–H and O–H groups in total. The maximum absolute atomic E-state index is 12.2. The molecule has 1 atom stereocenters. The molecule has 2 aromatic rings. The second-order valence-electron chi connectivity index (χ2n) is 4.70. The molecule has 5 nitrogen and oxygen atoms in total. The Morgan fingerprint density at radius 1 is 1.40 bits per heavy atom. The van der Waals surface area contributed by atoms with Crippen molar-refractivity contribution in [2.75, 3.05) is 13.2 Å². The van der Waals surface area contributed by atoms with Crippen molar-refractivity contribution in [3.63, 3.8) is 0 Å². The molecule has 0 aliphatic carbocycles. The number of aryl methyl sites for hydroxylation is 1. The third kappa shape index (κ3) is 3.00. The monoisotopic (exact) mass is 277 g/mol. The second kappa shape index (κ2) is 6.54. The Morgan fingerprint density at radius 3 is 2.85 bits per heavy atom. The number of benzene rings is 1. The van der Waals surface area contributed by atoms with Crippen molar-refractivity contribution in [3.8, 4) is 0 Å². The van der Waals surface area contributed by atoms with Gasteiger partial charge in [0.1, 0.15) is 11.8 Å². The first-order chi connectivity index (χ1) is 9.69. The molecule has 0 radical (unpaired) electrons. The molecule has 1 aromatic carbocycles. The summed E-state index contributed by atoms with van der Waals surface area (Å²) in [5.41, 5.74) is 2.24. The largest absolute Gasteiger partial charge is 0.463 e. The average molecular weight is 277 g/mol. The quantitative estimate of drug-likeness (QED) is 0.746. The van der Waals surface area contributed by atoms with Crippen molar-refractivity contribution in [2.24, 2.45) is 0 Å². The lowest BCUT2D eigenvalue weighted by Gasteiger charge is -2.14. The minimum absolute atomic E-state index is 0.0857. The first-order valence-electron chi connectivity index (χ1n) is 6.72. The van der Waals surface area contributed by atoms with Crippen molar-refractivity contribution >= 4 is 16.9 Å². The maximum atomic E-state index is 12.2. The number of nitrogens with one attached hydrogen (secondary N) is 1. The zero-order valence-electron chi connectivity index (χ0n) is 11.4. The predicted octanol–water partition coefficient (Wildman–Crippen LogP) is 1.47.